The zero-order valence-electron chi connectivity index (χ0n) is 11.1. The molecule has 18 heavy (non-hydrogen) atoms. The van der Waals surface area contributed by atoms with Gasteiger partial charge in [-0.3, -0.25) is 0 Å². The highest BCUT2D eigenvalue weighted by atomic mass is 35.5. The summed E-state index contributed by atoms with van der Waals surface area (Å²) in [5.41, 5.74) is 2.13. The molecule has 0 unspecified atom stereocenters. The van der Waals surface area contributed by atoms with Crippen LogP contribution in [0.1, 0.15) is 32.0 Å². The van der Waals surface area contributed by atoms with E-state index < -0.39 is 0 Å². The molecule has 4 heteroatoms. The van der Waals surface area contributed by atoms with Crippen LogP contribution in [-0.2, 0) is 11.3 Å². The Bertz CT molecular complexity index is 534. The number of ether oxygens (including phenoxy) is 1. The third-order valence-corrected chi connectivity index (χ3v) is 3.22. The molecule has 1 aromatic heterocycles. The Labute approximate surface area is 113 Å². The number of imidazole rings is 1. The molecule has 2 aromatic rings. The highest BCUT2D eigenvalue weighted by Gasteiger charge is 2.13. The lowest BCUT2D eigenvalue weighted by Crippen LogP contribution is -2.07. The predicted molar refractivity (Wildman–Crippen MR) is 75.3 cm³/mol. The standard InChI is InChI=1S/C14H19ClN2O/c1-10(2)14-16-12-6-5-11(15)9-13(12)17(14)7-4-8-18-3/h5-6,9-10H,4,7-8H2,1-3H3. The maximum Gasteiger partial charge on any atom is 0.112 e. The number of aryl methyl sites for hydroxylation is 1. The number of methoxy groups -OCH3 is 1. The Morgan fingerprint density at radius 1 is 1.39 bits per heavy atom. The average Bonchev–Trinajstić information content (AvgIpc) is 2.68. The Balaban J connectivity index is 2.43. The van der Waals surface area contributed by atoms with E-state index in [1.54, 1.807) is 7.11 Å². The van der Waals surface area contributed by atoms with E-state index in [1.807, 2.05) is 18.2 Å². The molecular formula is C14H19ClN2O. The second kappa shape index (κ2) is 5.72. The Hall–Kier alpha value is -1.06. The number of halogens is 1. The fourth-order valence-electron chi connectivity index (χ4n) is 2.16. The first-order valence-electron chi connectivity index (χ1n) is 6.28. The zero-order valence-corrected chi connectivity index (χ0v) is 11.9. The van der Waals surface area contributed by atoms with Crippen molar-refractivity contribution in [3.8, 4) is 0 Å². The van der Waals surface area contributed by atoms with Crippen LogP contribution >= 0.6 is 11.6 Å². The molecule has 0 fully saturated rings. The molecule has 98 valence electrons. The van der Waals surface area contributed by atoms with Gasteiger partial charge in [0.25, 0.3) is 0 Å². The largest absolute Gasteiger partial charge is 0.385 e. The highest BCUT2D eigenvalue weighted by Crippen LogP contribution is 2.24. The van der Waals surface area contributed by atoms with Gasteiger partial charge in [-0.15, -0.1) is 0 Å². The summed E-state index contributed by atoms with van der Waals surface area (Å²) in [5, 5.41) is 0.755. The molecule has 1 aromatic carbocycles. The molecule has 0 amide bonds. The van der Waals surface area contributed by atoms with E-state index in [0.717, 1.165) is 41.5 Å². The molecule has 0 N–H and O–H groups in total. The second-order valence-corrected chi connectivity index (χ2v) is 5.19. The molecule has 0 atom stereocenters. The molecule has 0 bridgehead atoms. The van der Waals surface area contributed by atoms with Crippen molar-refractivity contribution in [3.63, 3.8) is 0 Å². The quantitative estimate of drug-likeness (QED) is 0.769. The topological polar surface area (TPSA) is 27.1 Å². The smallest absolute Gasteiger partial charge is 0.112 e. The van der Waals surface area contributed by atoms with Crippen LogP contribution in [0, 0.1) is 0 Å². The minimum atomic E-state index is 0.402. The maximum atomic E-state index is 6.08. The number of fused-ring (bicyclic) bond motifs is 1. The van der Waals surface area contributed by atoms with Crippen LogP contribution < -0.4 is 0 Å². The van der Waals surface area contributed by atoms with Gasteiger partial charge >= 0.3 is 0 Å². The lowest BCUT2D eigenvalue weighted by molar-refractivity contribution is 0.190. The van der Waals surface area contributed by atoms with E-state index >= 15 is 0 Å². The summed E-state index contributed by atoms with van der Waals surface area (Å²) in [6.45, 7) is 6.00. The molecule has 0 aliphatic heterocycles. The molecule has 0 aliphatic rings. The van der Waals surface area contributed by atoms with Crippen molar-refractivity contribution in [2.45, 2.75) is 32.7 Å². The molecule has 3 nitrogen and oxygen atoms in total. The summed E-state index contributed by atoms with van der Waals surface area (Å²) in [6, 6.07) is 5.86. The SMILES string of the molecule is COCCCn1c(C(C)C)nc2ccc(Cl)cc21. The summed E-state index contributed by atoms with van der Waals surface area (Å²) in [6.07, 6.45) is 0.980. The second-order valence-electron chi connectivity index (χ2n) is 4.76. The summed E-state index contributed by atoms with van der Waals surface area (Å²) in [5.74, 6) is 1.52. The van der Waals surface area contributed by atoms with Crippen molar-refractivity contribution in [2.24, 2.45) is 0 Å². The fraction of sp³-hybridized carbons (Fsp3) is 0.500. The first-order chi connectivity index (χ1) is 8.63. The van der Waals surface area contributed by atoms with Gasteiger partial charge in [0.05, 0.1) is 11.0 Å². The molecule has 1 heterocycles. The molecule has 2 rings (SSSR count). The van der Waals surface area contributed by atoms with Crippen LogP contribution in [0.3, 0.4) is 0 Å². The van der Waals surface area contributed by atoms with Crippen molar-refractivity contribution in [2.75, 3.05) is 13.7 Å². The van der Waals surface area contributed by atoms with E-state index in [1.165, 1.54) is 0 Å². The van der Waals surface area contributed by atoms with Crippen LogP contribution in [0.25, 0.3) is 11.0 Å². The molecule has 0 spiro atoms. The van der Waals surface area contributed by atoms with Crippen LogP contribution in [0.15, 0.2) is 18.2 Å². The van der Waals surface area contributed by atoms with Gasteiger partial charge in [-0.2, -0.15) is 0 Å². The normalized spacial score (nSPS) is 11.6. The summed E-state index contributed by atoms with van der Waals surface area (Å²) in [7, 11) is 1.73. The number of hydrogen-bond acceptors (Lipinski definition) is 2. The Morgan fingerprint density at radius 3 is 2.83 bits per heavy atom. The minimum Gasteiger partial charge on any atom is -0.385 e. The van der Waals surface area contributed by atoms with Gasteiger partial charge in [0.1, 0.15) is 5.82 Å². The summed E-state index contributed by atoms with van der Waals surface area (Å²) >= 11 is 6.08. The van der Waals surface area contributed by atoms with Gasteiger partial charge in [0.2, 0.25) is 0 Å². The van der Waals surface area contributed by atoms with Crippen LogP contribution in [0.2, 0.25) is 5.02 Å². The first-order valence-corrected chi connectivity index (χ1v) is 6.66. The van der Waals surface area contributed by atoms with Crippen LogP contribution in [-0.4, -0.2) is 23.3 Å². The molecule has 0 aliphatic carbocycles. The third-order valence-electron chi connectivity index (χ3n) is 2.99. The number of rotatable bonds is 5. The average molecular weight is 267 g/mol. The third kappa shape index (κ3) is 2.68. The maximum absolute atomic E-state index is 6.08. The Kier molecular flexibility index (Phi) is 4.25. The number of hydrogen-bond donors (Lipinski definition) is 0. The first kappa shape index (κ1) is 13.4. The van der Waals surface area contributed by atoms with E-state index in [2.05, 4.69) is 18.4 Å². The lowest BCUT2D eigenvalue weighted by atomic mass is 10.2. The molecule has 0 saturated heterocycles. The van der Waals surface area contributed by atoms with Gasteiger partial charge in [-0.25, -0.2) is 4.98 Å². The zero-order chi connectivity index (χ0) is 13.1. The molecular weight excluding hydrogens is 248 g/mol. The fourth-order valence-corrected chi connectivity index (χ4v) is 2.32. The van der Waals surface area contributed by atoms with Crippen molar-refractivity contribution in [3.05, 3.63) is 29.0 Å². The van der Waals surface area contributed by atoms with E-state index in [-0.39, 0.29) is 0 Å². The van der Waals surface area contributed by atoms with Crippen molar-refractivity contribution < 1.29 is 4.74 Å². The number of benzene rings is 1. The number of nitrogens with zero attached hydrogens (tertiary/aromatic N) is 2. The van der Waals surface area contributed by atoms with Crippen molar-refractivity contribution in [1.29, 1.82) is 0 Å². The van der Waals surface area contributed by atoms with Crippen LogP contribution in [0.5, 0.6) is 0 Å². The predicted octanol–water partition coefficient (Wildman–Crippen LogP) is 3.85. The molecule has 0 radical (unpaired) electrons. The van der Waals surface area contributed by atoms with E-state index in [4.69, 9.17) is 21.3 Å². The summed E-state index contributed by atoms with van der Waals surface area (Å²) < 4.78 is 7.37. The van der Waals surface area contributed by atoms with E-state index in [0.29, 0.717) is 5.92 Å². The van der Waals surface area contributed by atoms with Gasteiger partial charge in [0.15, 0.2) is 0 Å². The van der Waals surface area contributed by atoms with Crippen molar-refractivity contribution in [1.82, 2.24) is 9.55 Å². The van der Waals surface area contributed by atoms with Crippen molar-refractivity contribution >= 4 is 22.6 Å². The summed E-state index contributed by atoms with van der Waals surface area (Å²) in [4.78, 5) is 4.70. The Morgan fingerprint density at radius 2 is 2.17 bits per heavy atom. The lowest BCUT2D eigenvalue weighted by Gasteiger charge is -2.11. The highest BCUT2D eigenvalue weighted by molar-refractivity contribution is 6.31. The van der Waals surface area contributed by atoms with Gasteiger partial charge < -0.3 is 9.30 Å². The van der Waals surface area contributed by atoms with E-state index in [9.17, 15) is 0 Å². The monoisotopic (exact) mass is 266 g/mol. The van der Waals surface area contributed by atoms with Gasteiger partial charge in [-0.1, -0.05) is 25.4 Å². The minimum absolute atomic E-state index is 0.402. The van der Waals surface area contributed by atoms with Crippen LogP contribution in [0.4, 0.5) is 0 Å². The number of aromatic nitrogens is 2. The van der Waals surface area contributed by atoms with Gasteiger partial charge in [0, 0.05) is 31.2 Å². The molecule has 0 saturated carbocycles. The van der Waals surface area contributed by atoms with Gasteiger partial charge in [-0.05, 0) is 24.6 Å².